The molecule has 2 atom stereocenters. The van der Waals surface area contributed by atoms with E-state index in [1.165, 1.54) is 71.4 Å². The van der Waals surface area contributed by atoms with E-state index >= 15 is 0 Å². The summed E-state index contributed by atoms with van der Waals surface area (Å²) in [5.41, 5.74) is 0.159. The number of aryl methyl sites for hydroxylation is 1. The van der Waals surface area contributed by atoms with E-state index < -0.39 is 29.1 Å². The number of tetrazole rings is 1. The zero-order valence-electron chi connectivity index (χ0n) is 29.2. The fraction of sp³-hybridized carbons (Fsp3) is 0.351. The lowest BCUT2D eigenvalue weighted by atomic mass is 10.0. The lowest BCUT2D eigenvalue weighted by Gasteiger charge is -2.21. The van der Waals surface area contributed by atoms with Crippen molar-refractivity contribution in [3.05, 3.63) is 118 Å². The van der Waals surface area contributed by atoms with Gasteiger partial charge in [0.25, 0.3) is 5.69 Å². The van der Waals surface area contributed by atoms with E-state index in [-0.39, 0.29) is 48.4 Å². The Balaban J connectivity index is 1.11. The molecule has 3 aromatic carbocycles. The molecule has 0 radical (unpaired) electrons. The molecule has 0 saturated heterocycles. The number of esters is 1. The minimum absolute atomic E-state index is 0.0639. The molecule has 2 N–H and O–H groups in total. The third-order valence-electron chi connectivity index (χ3n) is 8.06. The molecule has 0 aliphatic carbocycles. The van der Waals surface area contributed by atoms with Crippen LogP contribution in [-0.2, 0) is 39.8 Å². The lowest BCUT2D eigenvalue weighted by Crippen LogP contribution is -2.32. The number of aliphatic hydroxyl groups excluding tert-OH is 1. The van der Waals surface area contributed by atoms with E-state index in [2.05, 4.69) is 20.8 Å². The number of aldehydes is 1. The molecule has 1 aromatic heterocycles. The number of alkyl halides is 2. The molecule has 1 heterocycles. The number of nitrogens with zero attached hydrogens (tertiary/aromatic N) is 5. The van der Waals surface area contributed by atoms with Crippen LogP contribution in [0.3, 0.4) is 0 Å². The van der Waals surface area contributed by atoms with Crippen molar-refractivity contribution < 1.29 is 47.4 Å². The summed E-state index contributed by atoms with van der Waals surface area (Å²) in [6, 6.07) is 17.8. The molecule has 0 fully saturated rings. The number of hydrogen-bond acceptors (Lipinski definition) is 13. The second-order valence-corrected chi connectivity index (χ2v) is 12.1. The van der Waals surface area contributed by atoms with Crippen molar-refractivity contribution in [2.45, 2.75) is 76.2 Å². The molecular formula is C37H40F2N6O9. The van der Waals surface area contributed by atoms with Crippen LogP contribution in [-0.4, -0.2) is 67.3 Å². The number of unbranched alkanes of at least 4 members (excludes halogenated alkanes) is 3. The maximum absolute atomic E-state index is 14.6. The van der Waals surface area contributed by atoms with Gasteiger partial charge in [-0.15, -0.1) is 5.10 Å². The molecular weight excluding hydrogens is 710 g/mol. The van der Waals surface area contributed by atoms with E-state index in [1.807, 2.05) is 0 Å². The molecule has 0 unspecified atom stereocenters. The highest BCUT2D eigenvalue weighted by atomic mass is 19.3. The Kier molecular flexibility index (Phi) is 15.8. The second kappa shape index (κ2) is 20.9. The molecule has 54 heavy (non-hydrogen) atoms. The Bertz CT molecular complexity index is 1820. The van der Waals surface area contributed by atoms with Crippen molar-refractivity contribution in [3.63, 3.8) is 0 Å². The van der Waals surface area contributed by atoms with Crippen molar-refractivity contribution in [1.29, 1.82) is 0 Å². The standard InChI is InChI=1S/C37H40F2N6O9/c38-37(39,28-9-4-3-5-10-28)33(47)22-15-29(11-8-24-46)40-23-7-2-1-6-12-34-41-42-43-44(34)26-52-35(48)25-27-13-18-31(19-14-27)53-36(49)54-32-20-16-30(17-21-32)45(50)51/h3-5,9-10,13-22,24,29,33,40,47H,1-2,6-8,11-12,23,25-26H2/b22-15+/t29-,33-/m1/s1. The molecule has 4 rings (SSSR count). The van der Waals surface area contributed by atoms with Gasteiger partial charge in [-0.3, -0.25) is 14.9 Å². The number of aromatic nitrogens is 4. The van der Waals surface area contributed by atoms with Crippen LogP contribution in [0.1, 0.15) is 55.5 Å². The van der Waals surface area contributed by atoms with Crippen LogP contribution < -0.4 is 14.8 Å². The highest BCUT2D eigenvalue weighted by Gasteiger charge is 2.38. The van der Waals surface area contributed by atoms with E-state index in [9.17, 15) is 38.4 Å². The van der Waals surface area contributed by atoms with Crippen LogP contribution in [0.25, 0.3) is 0 Å². The summed E-state index contributed by atoms with van der Waals surface area (Å²) in [4.78, 5) is 45.6. The summed E-state index contributed by atoms with van der Waals surface area (Å²) in [5, 5.41) is 35.8. The van der Waals surface area contributed by atoms with Crippen LogP contribution in [0.5, 0.6) is 11.5 Å². The average Bonchev–Trinajstić information content (AvgIpc) is 3.62. The molecule has 0 bridgehead atoms. The fourth-order valence-electron chi connectivity index (χ4n) is 5.13. The number of carbonyl (C=O) groups is 3. The molecule has 0 aliphatic heterocycles. The summed E-state index contributed by atoms with van der Waals surface area (Å²) in [7, 11) is 0. The topological polar surface area (TPSA) is 198 Å². The van der Waals surface area contributed by atoms with Crippen LogP contribution >= 0.6 is 0 Å². The average molecular weight is 751 g/mol. The van der Waals surface area contributed by atoms with Crippen LogP contribution in [0.2, 0.25) is 0 Å². The van der Waals surface area contributed by atoms with E-state index in [1.54, 1.807) is 18.2 Å². The maximum Gasteiger partial charge on any atom is 0.519 e. The van der Waals surface area contributed by atoms with Gasteiger partial charge in [0.05, 0.1) is 11.3 Å². The third-order valence-corrected chi connectivity index (χ3v) is 8.06. The molecule has 0 aliphatic rings. The Labute approximate surface area is 309 Å². The highest BCUT2D eigenvalue weighted by molar-refractivity contribution is 5.72. The highest BCUT2D eigenvalue weighted by Crippen LogP contribution is 2.32. The SMILES string of the molecule is O=CCC[C@H](/C=C/[C@@H](O)C(F)(F)c1ccccc1)NCCCCCCc1nnnn1COC(=O)Cc1ccc(OC(=O)Oc2ccc([N+](=O)[O-])cc2)cc1. The number of rotatable bonds is 22. The number of hydrogen-bond donors (Lipinski definition) is 2. The van der Waals surface area contributed by atoms with Gasteiger partial charge in [-0.05, 0) is 66.1 Å². The van der Waals surface area contributed by atoms with Crippen molar-refractivity contribution in [3.8, 4) is 11.5 Å². The molecule has 4 aromatic rings. The van der Waals surface area contributed by atoms with Crippen molar-refractivity contribution in [1.82, 2.24) is 25.5 Å². The predicted octanol–water partition coefficient (Wildman–Crippen LogP) is 5.65. The Hall–Kier alpha value is -5.94. The first-order valence-corrected chi connectivity index (χ1v) is 17.2. The zero-order valence-corrected chi connectivity index (χ0v) is 29.2. The van der Waals surface area contributed by atoms with Gasteiger partial charge >= 0.3 is 18.0 Å². The first-order chi connectivity index (χ1) is 26.0. The number of nitro groups is 1. The molecule has 17 heteroatoms. The summed E-state index contributed by atoms with van der Waals surface area (Å²) in [6.45, 7) is 0.404. The number of benzene rings is 3. The molecule has 0 amide bonds. The number of halogens is 2. The van der Waals surface area contributed by atoms with E-state index in [0.29, 0.717) is 30.8 Å². The van der Waals surface area contributed by atoms with Crippen LogP contribution in [0, 0.1) is 10.1 Å². The third kappa shape index (κ3) is 13.2. The zero-order chi connectivity index (χ0) is 38.8. The summed E-state index contributed by atoms with van der Waals surface area (Å²) >= 11 is 0. The fourth-order valence-corrected chi connectivity index (χ4v) is 5.13. The number of ether oxygens (including phenoxy) is 3. The smallest absolute Gasteiger partial charge is 0.442 e. The van der Waals surface area contributed by atoms with Gasteiger partial charge in [0.1, 0.15) is 23.9 Å². The summed E-state index contributed by atoms with van der Waals surface area (Å²) in [6.07, 6.45) is 4.65. The monoisotopic (exact) mass is 750 g/mol. The molecule has 0 saturated carbocycles. The molecule has 286 valence electrons. The van der Waals surface area contributed by atoms with Gasteiger partial charge in [0.2, 0.25) is 0 Å². The Morgan fingerprint density at radius 2 is 1.61 bits per heavy atom. The van der Waals surface area contributed by atoms with Gasteiger partial charge in [0.15, 0.2) is 12.6 Å². The maximum atomic E-state index is 14.6. The van der Waals surface area contributed by atoms with E-state index in [4.69, 9.17) is 14.2 Å². The number of carbonyl (C=O) groups excluding carboxylic acids is 3. The Morgan fingerprint density at radius 1 is 0.944 bits per heavy atom. The van der Waals surface area contributed by atoms with Gasteiger partial charge in [-0.25, -0.2) is 4.79 Å². The number of nitrogens with one attached hydrogen (secondary N) is 1. The van der Waals surface area contributed by atoms with Gasteiger partial charge in [0, 0.05) is 36.6 Å². The number of nitro benzene ring substituents is 1. The van der Waals surface area contributed by atoms with Gasteiger partial charge in [-0.2, -0.15) is 13.5 Å². The second-order valence-electron chi connectivity index (χ2n) is 12.1. The lowest BCUT2D eigenvalue weighted by molar-refractivity contribution is -0.384. The van der Waals surface area contributed by atoms with Crippen molar-refractivity contribution >= 4 is 24.1 Å². The summed E-state index contributed by atoms with van der Waals surface area (Å²) in [5.74, 6) is -3.21. The Morgan fingerprint density at radius 3 is 2.28 bits per heavy atom. The predicted molar refractivity (Wildman–Crippen MR) is 189 cm³/mol. The van der Waals surface area contributed by atoms with Crippen LogP contribution in [0.15, 0.2) is 91.0 Å². The van der Waals surface area contributed by atoms with Gasteiger partial charge in [-0.1, -0.05) is 67.5 Å². The first kappa shape index (κ1) is 40.8. The van der Waals surface area contributed by atoms with Crippen molar-refractivity contribution in [2.24, 2.45) is 0 Å². The normalized spacial score (nSPS) is 12.6. The summed E-state index contributed by atoms with van der Waals surface area (Å²) < 4.78 is 46.1. The minimum Gasteiger partial charge on any atom is -0.442 e. The quantitative estimate of drug-likeness (QED) is 0.0190. The van der Waals surface area contributed by atoms with Crippen molar-refractivity contribution in [2.75, 3.05) is 6.54 Å². The van der Waals surface area contributed by atoms with E-state index in [0.717, 1.165) is 38.0 Å². The van der Waals surface area contributed by atoms with Crippen LogP contribution in [0.4, 0.5) is 19.3 Å². The number of aliphatic hydroxyl groups is 1. The molecule has 15 nitrogen and oxygen atoms in total. The number of non-ortho nitro benzene ring substituents is 1. The minimum atomic E-state index is -3.46. The molecule has 0 spiro atoms. The largest absolute Gasteiger partial charge is 0.519 e. The first-order valence-electron chi connectivity index (χ1n) is 17.2. The van der Waals surface area contributed by atoms with Gasteiger partial charge < -0.3 is 29.4 Å².